The molecule has 254 valence electrons. The second-order valence-corrected chi connectivity index (χ2v) is 14.1. The molecule has 4 aromatic heterocycles. The van der Waals surface area contributed by atoms with Crippen LogP contribution in [0.15, 0.2) is 23.8 Å². The second kappa shape index (κ2) is 12.1. The lowest BCUT2D eigenvalue weighted by molar-refractivity contribution is -0.0671. The van der Waals surface area contributed by atoms with E-state index >= 15 is 0 Å². The Morgan fingerprint density at radius 2 is 1.55 bits per heavy atom. The highest BCUT2D eigenvalue weighted by Gasteiger charge is 2.54. The van der Waals surface area contributed by atoms with Crippen molar-refractivity contribution in [2.75, 3.05) is 30.4 Å². The van der Waals surface area contributed by atoms with E-state index in [2.05, 4.69) is 42.5 Å². The van der Waals surface area contributed by atoms with Crippen LogP contribution in [0.4, 0.5) is 11.8 Å². The Balaban J connectivity index is 1.23. The minimum Gasteiger partial charge on any atom is -0.386 e. The first-order chi connectivity index (χ1) is 22.4. The lowest BCUT2D eigenvalue weighted by Crippen LogP contribution is -2.36. The van der Waals surface area contributed by atoms with E-state index < -0.39 is 83.3 Å². The van der Waals surface area contributed by atoms with Crippen LogP contribution < -0.4 is 17.0 Å². The van der Waals surface area contributed by atoms with E-state index in [9.17, 15) is 28.8 Å². The average molecular weight is 719 g/mol. The molecule has 10 unspecified atom stereocenters. The Bertz CT molecular complexity index is 1980. The molecular formula is C22H28N10O12P2S. The van der Waals surface area contributed by atoms with Crippen LogP contribution in [0, 0.1) is 5.92 Å². The highest BCUT2D eigenvalue weighted by Crippen LogP contribution is 2.55. The van der Waals surface area contributed by atoms with Crippen molar-refractivity contribution in [2.45, 2.75) is 49.4 Å². The molecule has 47 heavy (non-hydrogen) atoms. The number of phosphoric ester groups is 2. The van der Waals surface area contributed by atoms with Crippen molar-refractivity contribution < 1.29 is 51.6 Å². The third-order valence-electron chi connectivity index (χ3n) is 7.97. The zero-order valence-corrected chi connectivity index (χ0v) is 26.5. The number of nitrogens with one attached hydrogen (secondary N) is 1. The number of hydrogen-bond acceptors (Lipinski definition) is 18. The van der Waals surface area contributed by atoms with Crippen molar-refractivity contribution in [1.29, 1.82) is 0 Å². The Morgan fingerprint density at radius 3 is 2.28 bits per heavy atom. The number of hydrogen-bond donors (Lipinski definition) is 7. The molecule has 7 heterocycles. The number of aromatic amines is 1. The lowest BCUT2D eigenvalue weighted by Gasteiger charge is -2.26. The Labute approximate surface area is 268 Å². The maximum absolute atomic E-state index is 13.5. The summed E-state index contributed by atoms with van der Waals surface area (Å²) < 4.78 is 63.1. The summed E-state index contributed by atoms with van der Waals surface area (Å²) in [5, 5.41) is 11.2. The first-order valence-corrected chi connectivity index (χ1v) is 17.5. The predicted molar refractivity (Wildman–Crippen MR) is 159 cm³/mol. The number of ether oxygens (including phenoxy) is 2. The summed E-state index contributed by atoms with van der Waals surface area (Å²) in [6, 6.07) is 0. The number of anilines is 2. The van der Waals surface area contributed by atoms with Gasteiger partial charge < -0.3 is 35.8 Å². The van der Waals surface area contributed by atoms with E-state index in [0.29, 0.717) is 0 Å². The third kappa shape index (κ3) is 5.96. The molecule has 0 aliphatic carbocycles. The van der Waals surface area contributed by atoms with E-state index in [4.69, 9.17) is 39.0 Å². The molecule has 0 aromatic carbocycles. The Kier molecular flexibility index (Phi) is 8.38. The standard InChI is InChI=1S/C22H28N10O12P2S/c23-16-11-17(26-5-25-16)31(6-27-11)20-13(33)15-10(42-20)4-40-45(35,36)43-14-8(1-2-47)9(3-39-46(37,38)44-15)41-21(14)32-7-28-12-18(32)29-22(24)30-19(12)34/h5-10,13-15,20-21,33,47H,1-4H2,(H,35,36)(H,37,38)(H2,23,25,26)(H3,24,29,30,34). The summed E-state index contributed by atoms with van der Waals surface area (Å²) in [6.45, 7) is -1.35. The zero-order chi connectivity index (χ0) is 33.2. The van der Waals surface area contributed by atoms with Crippen LogP contribution in [0.3, 0.4) is 0 Å². The maximum Gasteiger partial charge on any atom is 0.472 e. The number of thiol groups is 1. The van der Waals surface area contributed by atoms with Crippen molar-refractivity contribution in [3.63, 3.8) is 0 Å². The highest BCUT2D eigenvalue weighted by molar-refractivity contribution is 7.80. The number of imidazole rings is 2. The number of nitrogens with zero attached hydrogens (tertiary/aromatic N) is 7. The van der Waals surface area contributed by atoms with Gasteiger partial charge in [-0.15, -0.1) is 0 Å². The highest BCUT2D eigenvalue weighted by atomic mass is 32.1. The van der Waals surface area contributed by atoms with Crippen molar-refractivity contribution in [3.05, 3.63) is 29.3 Å². The molecule has 3 saturated heterocycles. The summed E-state index contributed by atoms with van der Waals surface area (Å²) in [6.07, 6.45) is -5.85. The number of aromatic nitrogens is 8. The summed E-state index contributed by atoms with van der Waals surface area (Å²) in [5.41, 5.74) is 11.2. The minimum absolute atomic E-state index is 0.0247. The fourth-order valence-electron chi connectivity index (χ4n) is 5.90. The molecule has 8 N–H and O–H groups in total. The molecule has 10 atom stereocenters. The van der Waals surface area contributed by atoms with Crippen molar-refractivity contribution in [2.24, 2.45) is 5.92 Å². The third-order valence-corrected chi connectivity index (χ3v) is 10.2. The van der Waals surface area contributed by atoms with Crippen LogP contribution in [0.5, 0.6) is 0 Å². The largest absolute Gasteiger partial charge is 0.472 e. The number of nitrogens with two attached hydrogens (primary N) is 2. The fraction of sp³-hybridized carbons (Fsp3) is 0.545. The van der Waals surface area contributed by atoms with Gasteiger partial charge in [-0.1, -0.05) is 0 Å². The number of fused-ring (bicyclic) bond motifs is 5. The number of nitrogen functional groups attached to an aromatic ring is 2. The number of H-pyrrole nitrogens is 1. The van der Waals surface area contributed by atoms with Gasteiger partial charge in [-0.3, -0.25) is 37.0 Å². The van der Waals surface area contributed by atoms with Crippen LogP contribution in [-0.2, 0) is 36.7 Å². The van der Waals surface area contributed by atoms with Gasteiger partial charge in [-0.25, -0.2) is 29.1 Å². The van der Waals surface area contributed by atoms with E-state index in [1.54, 1.807) is 0 Å². The summed E-state index contributed by atoms with van der Waals surface area (Å²) in [5.74, 6) is -0.721. The average Bonchev–Trinajstić information content (AvgIpc) is 3.76. The van der Waals surface area contributed by atoms with Gasteiger partial charge in [0.1, 0.15) is 36.3 Å². The smallest absolute Gasteiger partial charge is 0.386 e. The molecule has 0 radical (unpaired) electrons. The van der Waals surface area contributed by atoms with Gasteiger partial charge in [0.05, 0.1) is 32.0 Å². The zero-order valence-electron chi connectivity index (χ0n) is 23.8. The summed E-state index contributed by atoms with van der Waals surface area (Å²) in [7, 11) is -9.99. The van der Waals surface area contributed by atoms with Crippen LogP contribution >= 0.6 is 28.3 Å². The molecule has 0 amide bonds. The number of rotatable bonds is 4. The topological polar surface area (TPSA) is 309 Å². The van der Waals surface area contributed by atoms with Gasteiger partial charge in [0, 0.05) is 5.92 Å². The van der Waals surface area contributed by atoms with Gasteiger partial charge in [0.25, 0.3) is 5.56 Å². The molecule has 7 rings (SSSR count). The number of phosphoric acid groups is 2. The Morgan fingerprint density at radius 1 is 0.915 bits per heavy atom. The normalized spacial score (nSPS) is 36.6. The number of aliphatic hydroxyl groups is 1. The molecule has 3 fully saturated rings. The van der Waals surface area contributed by atoms with E-state index in [1.165, 1.54) is 28.1 Å². The van der Waals surface area contributed by atoms with Gasteiger partial charge in [0.2, 0.25) is 5.95 Å². The van der Waals surface area contributed by atoms with Crippen LogP contribution in [0.25, 0.3) is 22.3 Å². The second-order valence-electron chi connectivity index (χ2n) is 10.8. The van der Waals surface area contributed by atoms with E-state index in [-0.39, 0.29) is 46.3 Å². The van der Waals surface area contributed by atoms with Gasteiger partial charge >= 0.3 is 15.6 Å². The number of aliphatic hydroxyl groups excluding tert-OH is 1. The maximum atomic E-state index is 13.5. The first kappa shape index (κ1) is 32.5. The first-order valence-electron chi connectivity index (χ1n) is 13.9. The molecule has 0 spiro atoms. The monoisotopic (exact) mass is 718 g/mol. The van der Waals surface area contributed by atoms with Crippen molar-refractivity contribution >= 4 is 62.4 Å². The molecule has 22 nitrogen and oxygen atoms in total. The quantitative estimate of drug-likeness (QED) is 0.101. The fourth-order valence-corrected chi connectivity index (χ4v) is 8.13. The SMILES string of the molecule is Nc1nc2c(ncn2C2OC3COP(=O)(O)OC4C(COP(=O)(O)OC2C3CCS)OC(n2cnc3c(N)ncnc32)C4O)c(=O)[nH]1. The van der Waals surface area contributed by atoms with Crippen molar-refractivity contribution in [3.8, 4) is 0 Å². The summed E-state index contributed by atoms with van der Waals surface area (Å²) >= 11 is 4.29. The van der Waals surface area contributed by atoms with E-state index in [1.807, 2.05) is 0 Å². The van der Waals surface area contributed by atoms with Gasteiger partial charge in [-0.2, -0.15) is 17.6 Å². The Hall–Kier alpha value is -3.05. The van der Waals surface area contributed by atoms with Crippen LogP contribution in [-0.4, -0.2) is 103 Å². The molecule has 25 heteroatoms. The molecule has 0 saturated carbocycles. The lowest BCUT2D eigenvalue weighted by atomic mass is 9.95. The van der Waals surface area contributed by atoms with Crippen LogP contribution in [0.1, 0.15) is 18.9 Å². The minimum atomic E-state index is -5.00. The van der Waals surface area contributed by atoms with Crippen molar-refractivity contribution in [1.82, 2.24) is 39.0 Å². The van der Waals surface area contributed by atoms with Crippen LogP contribution in [0.2, 0.25) is 0 Å². The molecule has 2 bridgehead atoms. The van der Waals surface area contributed by atoms with Gasteiger partial charge in [-0.05, 0) is 12.2 Å². The van der Waals surface area contributed by atoms with Gasteiger partial charge in [0.15, 0.2) is 35.1 Å². The molecule has 3 aliphatic rings. The summed E-state index contributed by atoms with van der Waals surface area (Å²) in [4.78, 5) is 56.8. The van der Waals surface area contributed by atoms with E-state index in [0.717, 1.165) is 0 Å². The molecule has 4 aromatic rings. The molecular weight excluding hydrogens is 690 g/mol. The molecule has 3 aliphatic heterocycles. The predicted octanol–water partition coefficient (Wildman–Crippen LogP) is -0.766.